The van der Waals surface area contributed by atoms with Gasteiger partial charge in [-0.1, -0.05) is 23.2 Å². The van der Waals surface area contributed by atoms with Crippen LogP contribution in [-0.4, -0.2) is 19.7 Å². The zero-order chi connectivity index (χ0) is 19.4. The normalized spacial score (nSPS) is 12.8. The predicted octanol–water partition coefficient (Wildman–Crippen LogP) is 4.74. The summed E-state index contributed by atoms with van der Waals surface area (Å²) in [5, 5.41) is 2.82. The number of nitrogens with two attached hydrogens (primary N) is 1. The molecule has 3 rings (SSSR count). The van der Waals surface area contributed by atoms with Gasteiger partial charge in [-0.15, -0.1) is 5.10 Å². The van der Waals surface area contributed by atoms with Gasteiger partial charge in [0.1, 0.15) is 11.5 Å². The maximum atomic E-state index is 13.3. The first-order chi connectivity index (χ1) is 11.9. The van der Waals surface area contributed by atoms with E-state index in [-0.39, 0.29) is 21.9 Å². The lowest BCUT2D eigenvalue weighted by atomic mass is 10.1. The summed E-state index contributed by atoms with van der Waals surface area (Å²) in [4.78, 5) is 6.93. The minimum Gasteiger partial charge on any atom is -0.383 e. The Morgan fingerprint density at radius 2 is 1.65 bits per heavy atom. The molecule has 3 aromatic rings. The zero-order valence-corrected chi connectivity index (χ0v) is 13.6. The van der Waals surface area contributed by atoms with Gasteiger partial charge < -0.3 is 5.73 Å². The third-order valence-electron chi connectivity index (χ3n) is 3.26. The molecule has 5 nitrogen and oxygen atoms in total. The molecule has 0 unspecified atom stereocenters. The first-order valence-electron chi connectivity index (χ1n) is 6.54. The topological polar surface area (TPSA) is 69.6 Å². The quantitative estimate of drug-likeness (QED) is 0.582. The Bertz CT molecular complexity index is 1010. The molecule has 3 heterocycles. The van der Waals surface area contributed by atoms with Crippen molar-refractivity contribution in [2.75, 3.05) is 5.73 Å². The van der Waals surface area contributed by atoms with E-state index in [1.54, 1.807) is 0 Å². The number of pyridine rings is 2. The Kier molecular flexibility index (Phi) is 4.19. The fourth-order valence-corrected chi connectivity index (χ4v) is 2.66. The van der Waals surface area contributed by atoms with Crippen LogP contribution < -0.4 is 5.73 Å². The molecule has 138 valence electrons. The fraction of sp³-hybridized carbons (Fsp3) is 0.154. The minimum absolute atomic E-state index is 0.123. The summed E-state index contributed by atoms with van der Waals surface area (Å²) >= 11 is 11.6. The number of alkyl halides is 6. The molecule has 0 amide bonds. The van der Waals surface area contributed by atoms with Gasteiger partial charge in [0.15, 0.2) is 11.5 Å². The van der Waals surface area contributed by atoms with Crippen LogP contribution in [0, 0.1) is 0 Å². The van der Waals surface area contributed by atoms with Gasteiger partial charge in [-0.25, -0.2) is 9.97 Å². The van der Waals surface area contributed by atoms with Gasteiger partial charge in [-0.3, -0.25) is 0 Å². The smallest absolute Gasteiger partial charge is 0.383 e. The molecule has 0 bridgehead atoms. The lowest BCUT2D eigenvalue weighted by Crippen LogP contribution is -2.13. The van der Waals surface area contributed by atoms with Crippen LogP contribution in [-0.2, 0) is 12.4 Å². The molecule has 0 radical (unpaired) electrons. The van der Waals surface area contributed by atoms with Gasteiger partial charge in [-0.05, 0) is 12.1 Å². The van der Waals surface area contributed by atoms with E-state index >= 15 is 0 Å². The standard InChI is InChI=1S/C13H5Cl2F6N5/c14-4-1-6(15)11(23-3-4)26-9(22)8-5(12(16,17)18)2-7(13(19,20)21)24-10(8)25-26/h1-3H,22H2. The summed E-state index contributed by atoms with van der Waals surface area (Å²) in [5.74, 6) is -0.835. The van der Waals surface area contributed by atoms with Gasteiger partial charge in [-0.2, -0.15) is 31.0 Å². The highest BCUT2D eigenvalue weighted by atomic mass is 35.5. The van der Waals surface area contributed by atoms with Gasteiger partial charge in [0.05, 0.1) is 21.0 Å². The number of rotatable bonds is 1. The summed E-state index contributed by atoms with van der Waals surface area (Å²) in [6, 6.07) is 1.10. The number of anilines is 1. The van der Waals surface area contributed by atoms with Crippen LogP contribution in [0.25, 0.3) is 16.9 Å². The van der Waals surface area contributed by atoms with E-state index < -0.39 is 40.5 Å². The van der Waals surface area contributed by atoms with Crippen LogP contribution in [0.15, 0.2) is 18.3 Å². The van der Waals surface area contributed by atoms with Crippen molar-refractivity contribution in [3.05, 3.63) is 39.6 Å². The van der Waals surface area contributed by atoms with Crippen LogP contribution in [0.4, 0.5) is 32.2 Å². The highest BCUT2D eigenvalue weighted by molar-refractivity contribution is 6.35. The largest absolute Gasteiger partial charge is 0.433 e. The van der Waals surface area contributed by atoms with E-state index in [0.717, 1.165) is 6.20 Å². The molecular weight excluding hydrogens is 411 g/mol. The van der Waals surface area contributed by atoms with Crippen LogP contribution in [0.2, 0.25) is 10.0 Å². The van der Waals surface area contributed by atoms with Gasteiger partial charge >= 0.3 is 12.4 Å². The fourth-order valence-electron chi connectivity index (χ4n) is 2.20. The van der Waals surface area contributed by atoms with Crippen molar-refractivity contribution in [2.24, 2.45) is 0 Å². The van der Waals surface area contributed by atoms with Gasteiger partial charge in [0.2, 0.25) is 0 Å². The van der Waals surface area contributed by atoms with E-state index in [4.69, 9.17) is 28.9 Å². The van der Waals surface area contributed by atoms with E-state index in [2.05, 4.69) is 15.1 Å². The lowest BCUT2D eigenvalue weighted by Gasteiger charge is -2.12. The number of aromatic nitrogens is 4. The first kappa shape index (κ1) is 18.5. The van der Waals surface area contributed by atoms with Crippen molar-refractivity contribution >= 4 is 40.1 Å². The number of nitrogen functional groups attached to an aromatic ring is 1. The van der Waals surface area contributed by atoms with E-state index in [0.29, 0.717) is 4.68 Å². The summed E-state index contributed by atoms with van der Waals surface area (Å²) in [5.41, 5.74) is 1.46. The third kappa shape index (κ3) is 3.12. The van der Waals surface area contributed by atoms with E-state index in [1.807, 2.05) is 0 Å². The molecule has 0 saturated carbocycles. The zero-order valence-electron chi connectivity index (χ0n) is 12.1. The van der Waals surface area contributed by atoms with E-state index in [9.17, 15) is 26.3 Å². The summed E-state index contributed by atoms with van der Waals surface area (Å²) < 4.78 is 79.1. The average Bonchev–Trinajstić information content (AvgIpc) is 2.81. The molecular formula is C13H5Cl2F6N5. The van der Waals surface area contributed by atoms with Crippen molar-refractivity contribution in [3.8, 4) is 5.82 Å². The highest BCUT2D eigenvalue weighted by Crippen LogP contribution is 2.41. The Morgan fingerprint density at radius 1 is 1.00 bits per heavy atom. The molecule has 0 fully saturated rings. The maximum absolute atomic E-state index is 13.3. The third-order valence-corrected chi connectivity index (χ3v) is 3.75. The predicted molar refractivity (Wildman–Crippen MR) is 81.1 cm³/mol. The van der Waals surface area contributed by atoms with Crippen molar-refractivity contribution in [3.63, 3.8) is 0 Å². The first-order valence-corrected chi connectivity index (χ1v) is 7.30. The Hall–Kier alpha value is -2.27. The van der Waals surface area contributed by atoms with Crippen LogP contribution in [0.5, 0.6) is 0 Å². The second-order valence-electron chi connectivity index (χ2n) is 5.01. The van der Waals surface area contributed by atoms with Crippen LogP contribution >= 0.6 is 23.2 Å². The molecule has 3 aromatic heterocycles. The molecule has 0 atom stereocenters. The van der Waals surface area contributed by atoms with Crippen LogP contribution in [0.1, 0.15) is 11.3 Å². The number of halogens is 8. The molecule has 13 heteroatoms. The second kappa shape index (κ2) is 5.88. The Balaban J connectivity index is 2.38. The molecule has 0 saturated heterocycles. The van der Waals surface area contributed by atoms with Gasteiger partial charge in [0.25, 0.3) is 0 Å². The molecule has 0 spiro atoms. The van der Waals surface area contributed by atoms with Crippen molar-refractivity contribution in [1.29, 1.82) is 0 Å². The molecule has 0 aliphatic rings. The van der Waals surface area contributed by atoms with Crippen molar-refractivity contribution < 1.29 is 26.3 Å². The average molecular weight is 416 g/mol. The molecule has 0 aliphatic heterocycles. The SMILES string of the molecule is Nc1c2c(C(F)(F)F)cc(C(F)(F)F)nc2nn1-c1ncc(Cl)cc1Cl. The van der Waals surface area contributed by atoms with Crippen molar-refractivity contribution in [2.45, 2.75) is 12.4 Å². The number of nitrogens with zero attached hydrogens (tertiary/aromatic N) is 4. The number of hydrogen-bond acceptors (Lipinski definition) is 4. The van der Waals surface area contributed by atoms with Crippen LogP contribution in [0.3, 0.4) is 0 Å². The number of fused-ring (bicyclic) bond motifs is 1. The second-order valence-corrected chi connectivity index (χ2v) is 5.85. The maximum Gasteiger partial charge on any atom is 0.433 e. The highest BCUT2D eigenvalue weighted by Gasteiger charge is 2.41. The summed E-state index contributed by atoms with van der Waals surface area (Å²) in [6.07, 6.45) is -9.11. The summed E-state index contributed by atoms with van der Waals surface area (Å²) in [7, 11) is 0. The Morgan fingerprint density at radius 3 is 2.19 bits per heavy atom. The summed E-state index contributed by atoms with van der Waals surface area (Å²) in [6.45, 7) is 0. The van der Waals surface area contributed by atoms with Gasteiger partial charge in [0, 0.05) is 6.20 Å². The van der Waals surface area contributed by atoms with Crippen molar-refractivity contribution in [1.82, 2.24) is 19.7 Å². The molecule has 0 aliphatic carbocycles. The molecule has 26 heavy (non-hydrogen) atoms. The minimum atomic E-state index is -5.12. The lowest BCUT2D eigenvalue weighted by molar-refractivity contribution is -0.144. The number of hydrogen-bond donors (Lipinski definition) is 1. The Labute approximate surface area is 150 Å². The molecule has 2 N–H and O–H groups in total. The molecule has 0 aromatic carbocycles. The van der Waals surface area contributed by atoms with E-state index in [1.165, 1.54) is 6.07 Å². The monoisotopic (exact) mass is 415 g/mol.